The minimum atomic E-state index is -1.12. The summed E-state index contributed by atoms with van der Waals surface area (Å²) in [5.41, 5.74) is -1.26. The molecule has 9 nitrogen and oxygen atoms in total. The van der Waals surface area contributed by atoms with Gasteiger partial charge in [-0.2, -0.15) is 0 Å². The summed E-state index contributed by atoms with van der Waals surface area (Å²) < 4.78 is 10.7. The Kier molecular flexibility index (Phi) is 4.60. The van der Waals surface area contributed by atoms with Crippen molar-refractivity contribution in [2.24, 2.45) is 0 Å². The zero-order valence-corrected chi connectivity index (χ0v) is 17.2. The first-order valence-corrected chi connectivity index (χ1v) is 10.2. The monoisotopic (exact) mass is 418 g/mol. The number of amides is 4. The van der Waals surface area contributed by atoms with E-state index >= 15 is 0 Å². The smallest absolute Gasteiger partial charge is 0.410 e. The second kappa shape index (κ2) is 6.87. The molecule has 1 atom stereocenters. The van der Waals surface area contributed by atoms with Crippen molar-refractivity contribution in [1.29, 1.82) is 0 Å². The molecule has 2 aliphatic rings. The third-order valence-corrected chi connectivity index (χ3v) is 5.69. The predicted octanol–water partition coefficient (Wildman–Crippen LogP) is 2.83. The summed E-state index contributed by atoms with van der Waals surface area (Å²) in [4.78, 5) is 41.4. The molecule has 4 rings (SSSR count). The summed E-state index contributed by atoms with van der Waals surface area (Å²) in [7, 11) is 0. The highest BCUT2D eigenvalue weighted by Crippen LogP contribution is 2.31. The number of nitrogens with zero attached hydrogens (tertiary/aromatic N) is 3. The van der Waals surface area contributed by atoms with E-state index in [0.717, 1.165) is 9.78 Å². The van der Waals surface area contributed by atoms with Crippen molar-refractivity contribution in [1.82, 2.24) is 20.3 Å². The van der Waals surface area contributed by atoms with Crippen LogP contribution in [0.15, 0.2) is 28.1 Å². The second-order valence-electron chi connectivity index (χ2n) is 8.22. The van der Waals surface area contributed by atoms with Crippen LogP contribution in [0.3, 0.4) is 0 Å². The number of nitrogens with one attached hydrogen (secondary N) is 1. The zero-order chi connectivity index (χ0) is 20.8. The molecule has 2 aromatic heterocycles. The van der Waals surface area contributed by atoms with Gasteiger partial charge in [-0.25, -0.2) is 9.59 Å². The molecule has 0 unspecified atom stereocenters. The number of hydrogen-bond donors (Lipinski definition) is 1. The standard InChI is InChI=1S/C19H22N4O5S/c1-18(2,3)27-17(26)22-7-6-19(11-22)15(24)23(16(25)20-19)10-12-9-13(28-21-12)14-5-4-8-29-14/h4-5,8-9H,6-7,10-11H2,1-3H3,(H,20,25)/t19-/m0/s1. The lowest BCUT2D eigenvalue weighted by Gasteiger charge is -2.25. The minimum Gasteiger partial charge on any atom is -0.444 e. The highest BCUT2D eigenvalue weighted by atomic mass is 32.1. The van der Waals surface area contributed by atoms with Gasteiger partial charge in [-0.15, -0.1) is 11.3 Å². The number of carbonyl (C=O) groups is 3. The summed E-state index contributed by atoms with van der Waals surface area (Å²) in [5, 5.41) is 8.67. The molecule has 0 saturated carbocycles. The lowest BCUT2D eigenvalue weighted by atomic mass is 9.99. The minimum absolute atomic E-state index is 0.00767. The van der Waals surface area contributed by atoms with Crippen LogP contribution in [0.4, 0.5) is 9.59 Å². The molecular weight excluding hydrogens is 396 g/mol. The first-order valence-electron chi connectivity index (χ1n) is 9.28. The second-order valence-corrected chi connectivity index (χ2v) is 9.16. The van der Waals surface area contributed by atoms with Crippen molar-refractivity contribution in [3.05, 3.63) is 29.3 Å². The Bertz CT molecular complexity index is 948. The van der Waals surface area contributed by atoms with E-state index < -0.39 is 23.3 Å². The molecule has 1 N–H and O–H groups in total. The van der Waals surface area contributed by atoms with Gasteiger partial charge in [0.05, 0.1) is 18.0 Å². The molecule has 2 fully saturated rings. The van der Waals surface area contributed by atoms with E-state index in [1.54, 1.807) is 26.8 Å². The average molecular weight is 418 g/mol. The van der Waals surface area contributed by atoms with Crippen LogP contribution < -0.4 is 5.32 Å². The fourth-order valence-electron chi connectivity index (χ4n) is 3.47. The van der Waals surface area contributed by atoms with Crippen LogP contribution in [-0.2, 0) is 16.1 Å². The molecule has 0 bridgehead atoms. The molecular formula is C19H22N4O5S. The van der Waals surface area contributed by atoms with E-state index in [1.165, 1.54) is 16.2 Å². The van der Waals surface area contributed by atoms with E-state index in [9.17, 15) is 14.4 Å². The van der Waals surface area contributed by atoms with Crippen LogP contribution in [0.1, 0.15) is 32.9 Å². The largest absolute Gasteiger partial charge is 0.444 e. The van der Waals surface area contributed by atoms with Gasteiger partial charge in [0, 0.05) is 12.6 Å². The third-order valence-electron chi connectivity index (χ3n) is 4.81. The summed E-state index contributed by atoms with van der Waals surface area (Å²) in [6.45, 7) is 5.77. The molecule has 0 radical (unpaired) electrons. The van der Waals surface area contributed by atoms with Gasteiger partial charge in [-0.1, -0.05) is 11.2 Å². The summed E-state index contributed by atoms with van der Waals surface area (Å²) in [5.74, 6) is 0.225. The van der Waals surface area contributed by atoms with Gasteiger partial charge in [0.1, 0.15) is 16.8 Å². The Balaban J connectivity index is 1.45. The van der Waals surface area contributed by atoms with E-state index in [-0.39, 0.29) is 19.0 Å². The van der Waals surface area contributed by atoms with Crippen molar-refractivity contribution in [2.75, 3.05) is 13.1 Å². The van der Waals surface area contributed by atoms with Crippen molar-refractivity contribution < 1.29 is 23.6 Å². The summed E-state index contributed by atoms with van der Waals surface area (Å²) in [6.07, 6.45) is -0.154. The SMILES string of the molecule is CC(C)(C)OC(=O)N1CC[C@@]2(C1)NC(=O)N(Cc1cc(-c3cccs3)on1)C2=O. The quantitative estimate of drug-likeness (QED) is 0.769. The van der Waals surface area contributed by atoms with Crippen LogP contribution in [0.25, 0.3) is 10.6 Å². The van der Waals surface area contributed by atoms with Gasteiger partial charge in [-0.05, 0) is 38.6 Å². The maximum Gasteiger partial charge on any atom is 0.410 e. The highest BCUT2D eigenvalue weighted by Gasteiger charge is 2.56. The first-order chi connectivity index (χ1) is 13.7. The lowest BCUT2D eigenvalue weighted by molar-refractivity contribution is -0.131. The maximum absolute atomic E-state index is 13.0. The molecule has 10 heteroatoms. The van der Waals surface area contributed by atoms with E-state index in [1.807, 2.05) is 17.5 Å². The Morgan fingerprint density at radius 2 is 2.21 bits per heavy atom. The van der Waals surface area contributed by atoms with Crippen LogP contribution in [0, 0.1) is 0 Å². The van der Waals surface area contributed by atoms with Gasteiger partial charge >= 0.3 is 12.1 Å². The fourth-order valence-corrected chi connectivity index (χ4v) is 4.14. The third kappa shape index (κ3) is 3.71. The van der Waals surface area contributed by atoms with Crippen molar-refractivity contribution >= 4 is 29.4 Å². The number of ether oxygens (including phenoxy) is 1. The highest BCUT2D eigenvalue weighted by molar-refractivity contribution is 7.13. The molecule has 2 saturated heterocycles. The van der Waals surface area contributed by atoms with Gasteiger partial charge in [-0.3, -0.25) is 9.69 Å². The van der Waals surface area contributed by atoms with Crippen molar-refractivity contribution in [3.8, 4) is 10.6 Å². The topological polar surface area (TPSA) is 105 Å². The molecule has 154 valence electrons. The fraction of sp³-hybridized carbons (Fsp3) is 0.474. The van der Waals surface area contributed by atoms with Crippen molar-refractivity contribution in [3.63, 3.8) is 0 Å². The van der Waals surface area contributed by atoms with Crippen LogP contribution >= 0.6 is 11.3 Å². The molecule has 0 aliphatic carbocycles. The Labute approximate surface area is 171 Å². The molecule has 29 heavy (non-hydrogen) atoms. The summed E-state index contributed by atoms with van der Waals surface area (Å²) >= 11 is 1.51. The van der Waals surface area contributed by atoms with Crippen molar-refractivity contribution in [2.45, 2.75) is 44.9 Å². The predicted molar refractivity (Wildman–Crippen MR) is 104 cm³/mol. The van der Waals surface area contributed by atoms with Gasteiger partial charge in [0.25, 0.3) is 5.91 Å². The summed E-state index contributed by atoms with van der Waals surface area (Å²) in [6, 6.07) is 5.03. The molecule has 1 spiro atoms. The Morgan fingerprint density at radius 1 is 1.41 bits per heavy atom. The molecule has 2 aliphatic heterocycles. The number of aromatic nitrogens is 1. The van der Waals surface area contributed by atoms with Crippen LogP contribution in [-0.4, -0.2) is 57.2 Å². The molecule has 0 aromatic carbocycles. The lowest BCUT2D eigenvalue weighted by Crippen LogP contribution is -2.50. The number of urea groups is 1. The average Bonchev–Trinajstić information content (AvgIpc) is 3.39. The number of likely N-dealkylation sites (tertiary alicyclic amines) is 1. The van der Waals surface area contributed by atoms with Crippen LogP contribution in [0.2, 0.25) is 0 Å². The van der Waals surface area contributed by atoms with E-state index in [4.69, 9.17) is 9.26 Å². The number of rotatable bonds is 3. The number of hydrogen-bond acceptors (Lipinski definition) is 7. The zero-order valence-electron chi connectivity index (χ0n) is 16.4. The van der Waals surface area contributed by atoms with Gasteiger partial charge in [0.2, 0.25) is 0 Å². The first kappa shape index (κ1) is 19.4. The van der Waals surface area contributed by atoms with Gasteiger partial charge < -0.3 is 19.5 Å². The maximum atomic E-state index is 13.0. The number of imide groups is 1. The number of carbonyl (C=O) groups excluding carboxylic acids is 3. The van der Waals surface area contributed by atoms with Crippen LogP contribution in [0.5, 0.6) is 0 Å². The molecule has 4 amide bonds. The molecule has 2 aromatic rings. The molecule has 4 heterocycles. The Morgan fingerprint density at radius 3 is 2.90 bits per heavy atom. The van der Waals surface area contributed by atoms with Gasteiger partial charge in [0.15, 0.2) is 5.76 Å². The number of thiophene rings is 1. The van der Waals surface area contributed by atoms with E-state index in [0.29, 0.717) is 24.4 Å². The van der Waals surface area contributed by atoms with E-state index in [2.05, 4.69) is 10.5 Å². The normalized spacial score (nSPS) is 21.9. The Hall–Kier alpha value is -2.88.